The number of carbonyl (C=O) groups is 1. The standard InChI is InChI=1S/C21H32N2O3/c1-25-19-11-5-6-12-20(19)26-16-21(24)22-14-17-8-7-13-23(15-17)18-9-3-2-4-10-18/h5-6,11-12,17-18H,2-4,7-10,13-16H2,1H3,(H,22,24). The second kappa shape index (κ2) is 9.81. The first-order valence-electron chi connectivity index (χ1n) is 10.0. The van der Waals surface area contributed by atoms with E-state index in [1.807, 2.05) is 24.3 Å². The molecule has 5 heteroatoms. The van der Waals surface area contributed by atoms with Gasteiger partial charge in [0.25, 0.3) is 5.91 Å². The smallest absolute Gasteiger partial charge is 0.257 e. The number of carbonyl (C=O) groups excluding carboxylic acids is 1. The molecule has 0 radical (unpaired) electrons. The summed E-state index contributed by atoms with van der Waals surface area (Å²) in [4.78, 5) is 14.8. The van der Waals surface area contributed by atoms with Crippen LogP contribution in [0.15, 0.2) is 24.3 Å². The topological polar surface area (TPSA) is 50.8 Å². The average molecular weight is 360 g/mol. The van der Waals surface area contributed by atoms with Crippen LogP contribution in [0, 0.1) is 5.92 Å². The van der Waals surface area contributed by atoms with Crippen LogP contribution in [0.4, 0.5) is 0 Å². The molecule has 144 valence electrons. The molecule has 1 aliphatic heterocycles. The largest absolute Gasteiger partial charge is 0.493 e. The second-order valence-electron chi connectivity index (χ2n) is 7.54. The van der Waals surface area contributed by atoms with Gasteiger partial charge in [0, 0.05) is 19.1 Å². The number of nitrogens with zero attached hydrogens (tertiary/aromatic N) is 1. The molecule has 2 fully saturated rings. The van der Waals surface area contributed by atoms with Crippen molar-refractivity contribution in [3.05, 3.63) is 24.3 Å². The molecule has 1 N–H and O–H groups in total. The Hall–Kier alpha value is -1.75. The molecule has 1 aromatic rings. The van der Waals surface area contributed by atoms with Gasteiger partial charge in [-0.15, -0.1) is 0 Å². The molecule has 1 amide bonds. The van der Waals surface area contributed by atoms with Crippen LogP contribution in [-0.2, 0) is 4.79 Å². The summed E-state index contributed by atoms with van der Waals surface area (Å²) in [5, 5.41) is 3.05. The number of hydrogen-bond donors (Lipinski definition) is 1. The third kappa shape index (κ3) is 5.37. The number of rotatable bonds is 7. The fourth-order valence-electron chi connectivity index (χ4n) is 4.23. The summed E-state index contributed by atoms with van der Waals surface area (Å²) in [7, 11) is 1.60. The third-order valence-corrected chi connectivity index (χ3v) is 5.66. The van der Waals surface area contributed by atoms with Gasteiger partial charge in [0.1, 0.15) is 0 Å². The maximum Gasteiger partial charge on any atom is 0.257 e. The molecule has 0 bridgehead atoms. The number of likely N-dealkylation sites (tertiary alicyclic amines) is 1. The lowest BCUT2D eigenvalue weighted by Gasteiger charge is -2.40. The van der Waals surface area contributed by atoms with Crippen molar-refractivity contribution in [2.75, 3.05) is 33.4 Å². The van der Waals surface area contributed by atoms with Crippen molar-refractivity contribution in [3.8, 4) is 11.5 Å². The van der Waals surface area contributed by atoms with E-state index in [0.717, 1.165) is 19.1 Å². The summed E-state index contributed by atoms with van der Waals surface area (Å²) in [6.07, 6.45) is 9.31. The Morgan fingerprint density at radius 3 is 2.65 bits per heavy atom. The Morgan fingerprint density at radius 2 is 1.88 bits per heavy atom. The Balaban J connectivity index is 1.39. The Bertz CT molecular complexity index is 572. The van der Waals surface area contributed by atoms with Crippen LogP contribution in [0.5, 0.6) is 11.5 Å². The van der Waals surface area contributed by atoms with Gasteiger partial charge in [0.15, 0.2) is 18.1 Å². The first kappa shape index (κ1) is 19.0. The summed E-state index contributed by atoms with van der Waals surface area (Å²) < 4.78 is 10.8. The molecule has 1 heterocycles. The highest BCUT2D eigenvalue weighted by molar-refractivity contribution is 5.77. The number of para-hydroxylation sites is 2. The van der Waals surface area contributed by atoms with Gasteiger partial charge in [-0.05, 0) is 50.3 Å². The highest BCUT2D eigenvalue weighted by Gasteiger charge is 2.27. The van der Waals surface area contributed by atoms with E-state index in [0.29, 0.717) is 17.4 Å². The van der Waals surface area contributed by atoms with Crippen LogP contribution < -0.4 is 14.8 Å². The number of amides is 1. The summed E-state index contributed by atoms with van der Waals surface area (Å²) in [5.74, 6) is 1.74. The van der Waals surface area contributed by atoms with E-state index < -0.39 is 0 Å². The van der Waals surface area contributed by atoms with Crippen LogP contribution in [0.2, 0.25) is 0 Å². The molecule has 1 aliphatic carbocycles. The van der Waals surface area contributed by atoms with E-state index in [4.69, 9.17) is 9.47 Å². The van der Waals surface area contributed by atoms with Crippen LogP contribution in [0.3, 0.4) is 0 Å². The van der Waals surface area contributed by atoms with E-state index in [1.165, 1.54) is 51.5 Å². The molecule has 26 heavy (non-hydrogen) atoms. The van der Waals surface area contributed by atoms with Crippen LogP contribution in [0.25, 0.3) is 0 Å². The average Bonchev–Trinajstić information content (AvgIpc) is 2.71. The lowest BCUT2D eigenvalue weighted by Crippen LogP contribution is -2.46. The minimum Gasteiger partial charge on any atom is -0.493 e. The number of hydrogen-bond acceptors (Lipinski definition) is 4. The van der Waals surface area contributed by atoms with Gasteiger partial charge in [-0.25, -0.2) is 0 Å². The zero-order chi connectivity index (χ0) is 18.2. The van der Waals surface area contributed by atoms with Gasteiger partial charge in [0.05, 0.1) is 7.11 Å². The monoisotopic (exact) mass is 360 g/mol. The number of benzene rings is 1. The van der Waals surface area contributed by atoms with Crippen LogP contribution in [0.1, 0.15) is 44.9 Å². The summed E-state index contributed by atoms with van der Waals surface area (Å²) >= 11 is 0. The zero-order valence-corrected chi connectivity index (χ0v) is 15.9. The lowest BCUT2D eigenvalue weighted by molar-refractivity contribution is -0.123. The fraction of sp³-hybridized carbons (Fsp3) is 0.667. The molecule has 1 saturated carbocycles. The van der Waals surface area contributed by atoms with E-state index in [-0.39, 0.29) is 12.5 Å². The highest BCUT2D eigenvalue weighted by atomic mass is 16.5. The molecule has 1 atom stereocenters. The number of piperidine rings is 1. The summed E-state index contributed by atoms with van der Waals surface area (Å²) in [6.45, 7) is 3.13. The molecule has 2 aliphatic rings. The van der Waals surface area contributed by atoms with Crippen molar-refractivity contribution in [1.29, 1.82) is 0 Å². The molecule has 0 aromatic heterocycles. The molecular formula is C21H32N2O3. The molecule has 1 unspecified atom stereocenters. The predicted molar refractivity (Wildman–Crippen MR) is 103 cm³/mol. The zero-order valence-electron chi connectivity index (χ0n) is 15.9. The second-order valence-corrected chi connectivity index (χ2v) is 7.54. The van der Waals surface area contributed by atoms with Gasteiger partial charge in [0.2, 0.25) is 0 Å². The van der Waals surface area contributed by atoms with Crippen molar-refractivity contribution < 1.29 is 14.3 Å². The van der Waals surface area contributed by atoms with Crippen molar-refractivity contribution in [1.82, 2.24) is 10.2 Å². The summed E-state index contributed by atoms with van der Waals surface area (Å²) in [6, 6.07) is 8.17. The quantitative estimate of drug-likeness (QED) is 0.811. The van der Waals surface area contributed by atoms with Gasteiger partial charge >= 0.3 is 0 Å². The molecular weight excluding hydrogens is 328 g/mol. The number of ether oxygens (including phenoxy) is 2. The maximum absolute atomic E-state index is 12.2. The summed E-state index contributed by atoms with van der Waals surface area (Å²) in [5.41, 5.74) is 0. The Labute approximate surface area is 157 Å². The minimum absolute atomic E-state index is 0.0272. The van der Waals surface area contributed by atoms with E-state index in [9.17, 15) is 4.79 Å². The molecule has 0 spiro atoms. The van der Waals surface area contributed by atoms with Gasteiger partial charge in [-0.3, -0.25) is 4.79 Å². The molecule has 3 rings (SSSR count). The van der Waals surface area contributed by atoms with Crippen molar-refractivity contribution >= 4 is 5.91 Å². The van der Waals surface area contributed by atoms with E-state index in [1.54, 1.807) is 7.11 Å². The molecule has 5 nitrogen and oxygen atoms in total. The predicted octanol–water partition coefficient (Wildman–Crippen LogP) is 3.23. The highest BCUT2D eigenvalue weighted by Crippen LogP contribution is 2.27. The van der Waals surface area contributed by atoms with Crippen molar-refractivity contribution in [3.63, 3.8) is 0 Å². The van der Waals surface area contributed by atoms with Crippen LogP contribution >= 0.6 is 0 Å². The lowest BCUT2D eigenvalue weighted by atomic mass is 9.90. The van der Waals surface area contributed by atoms with Crippen LogP contribution in [-0.4, -0.2) is 50.2 Å². The van der Waals surface area contributed by atoms with Gasteiger partial charge in [-0.1, -0.05) is 31.4 Å². The normalized spacial score (nSPS) is 22.0. The van der Waals surface area contributed by atoms with E-state index >= 15 is 0 Å². The van der Waals surface area contributed by atoms with Gasteiger partial charge in [-0.2, -0.15) is 0 Å². The van der Waals surface area contributed by atoms with Gasteiger partial charge < -0.3 is 19.7 Å². The fourth-order valence-corrected chi connectivity index (χ4v) is 4.23. The Kier molecular flexibility index (Phi) is 7.18. The maximum atomic E-state index is 12.2. The molecule has 1 aromatic carbocycles. The SMILES string of the molecule is COc1ccccc1OCC(=O)NCC1CCCN(C2CCCCC2)C1. The first-order valence-corrected chi connectivity index (χ1v) is 10.0. The Morgan fingerprint density at radius 1 is 1.12 bits per heavy atom. The van der Waals surface area contributed by atoms with Crippen molar-refractivity contribution in [2.24, 2.45) is 5.92 Å². The first-order chi connectivity index (χ1) is 12.8. The van der Waals surface area contributed by atoms with E-state index in [2.05, 4.69) is 10.2 Å². The third-order valence-electron chi connectivity index (χ3n) is 5.66. The number of nitrogens with one attached hydrogen (secondary N) is 1. The molecule has 1 saturated heterocycles. The van der Waals surface area contributed by atoms with Crippen molar-refractivity contribution in [2.45, 2.75) is 51.0 Å². The number of methoxy groups -OCH3 is 1. The minimum atomic E-state index is -0.0642.